The fourth-order valence-electron chi connectivity index (χ4n) is 2.59. The van der Waals surface area contributed by atoms with Crippen molar-refractivity contribution in [2.75, 3.05) is 26.3 Å². The maximum absolute atomic E-state index is 12.1. The number of nitrogens with one attached hydrogen (secondary N) is 2. The second-order valence-electron chi connectivity index (χ2n) is 6.00. The first-order valence-electron chi connectivity index (χ1n) is 7.16. The third-order valence-electron chi connectivity index (χ3n) is 3.82. The zero-order valence-electron chi connectivity index (χ0n) is 12.9. The molecule has 0 radical (unpaired) electrons. The van der Waals surface area contributed by atoms with E-state index in [1.807, 2.05) is 12.1 Å². The van der Waals surface area contributed by atoms with E-state index in [-0.39, 0.29) is 29.8 Å². The van der Waals surface area contributed by atoms with Crippen molar-refractivity contribution in [3.05, 3.63) is 35.4 Å². The van der Waals surface area contributed by atoms with E-state index in [1.165, 1.54) is 11.1 Å². The van der Waals surface area contributed by atoms with Crippen LogP contribution in [0.5, 0.6) is 0 Å². The van der Waals surface area contributed by atoms with Gasteiger partial charge in [0.15, 0.2) is 0 Å². The minimum Gasteiger partial charge on any atom is -0.378 e. The molecule has 2 rings (SSSR count). The van der Waals surface area contributed by atoms with Crippen LogP contribution >= 0.6 is 12.4 Å². The molecule has 0 aliphatic carbocycles. The largest absolute Gasteiger partial charge is 0.378 e. The number of halogens is 1. The maximum Gasteiger partial charge on any atom is 0.239 e. The molecule has 21 heavy (non-hydrogen) atoms. The Bertz CT molecular complexity index is 471. The van der Waals surface area contributed by atoms with Crippen molar-refractivity contribution >= 4 is 18.3 Å². The topological polar surface area (TPSA) is 50.4 Å². The molecule has 2 N–H and O–H groups in total. The van der Waals surface area contributed by atoms with Crippen molar-refractivity contribution < 1.29 is 9.53 Å². The Hall–Kier alpha value is -1.10. The van der Waals surface area contributed by atoms with Crippen LogP contribution in [0, 0.1) is 6.92 Å². The number of carbonyl (C=O) groups is 1. The van der Waals surface area contributed by atoms with Gasteiger partial charge < -0.3 is 15.4 Å². The number of amides is 1. The molecule has 4 nitrogen and oxygen atoms in total. The van der Waals surface area contributed by atoms with E-state index in [0.717, 1.165) is 6.54 Å². The number of morpholine rings is 1. The molecule has 118 valence electrons. The molecule has 5 heteroatoms. The number of rotatable bonds is 4. The summed E-state index contributed by atoms with van der Waals surface area (Å²) in [6.07, 6.45) is 0. The normalized spacial score (nSPS) is 18.7. The Balaban J connectivity index is 0.00000220. The van der Waals surface area contributed by atoms with E-state index in [2.05, 4.69) is 43.5 Å². The molecular formula is C16H25ClN2O2. The summed E-state index contributed by atoms with van der Waals surface area (Å²) in [6.45, 7) is 8.90. The van der Waals surface area contributed by atoms with Crippen LogP contribution in [0.3, 0.4) is 0 Å². The maximum atomic E-state index is 12.1. The lowest BCUT2D eigenvalue weighted by atomic mass is 9.82. The number of hydrogen-bond donors (Lipinski definition) is 2. The van der Waals surface area contributed by atoms with Crippen molar-refractivity contribution in [2.45, 2.75) is 32.2 Å². The van der Waals surface area contributed by atoms with Gasteiger partial charge in [0.2, 0.25) is 5.91 Å². The van der Waals surface area contributed by atoms with Gasteiger partial charge in [-0.1, -0.05) is 38.1 Å². The first kappa shape index (κ1) is 18.0. The minimum absolute atomic E-state index is 0. The van der Waals surface area contributed by atoms with Gasteiger partial charge in [0.25, 0.3) is 0 Å². The molecule has 0 aromatic heterocycles. The van der Waals surface area contributed by atoms with E-state index in [4.69, 9.17) is 4.74 Å². The molecule has 1 saturated heterocycles. The molecule has 1 heterocycles. The van der Waals surface area contributed by atoms with Crippen LogP contribution < -0.4 is 10.6 Å². The predicted octanol–water partition coefficient (Wildman–Crippen LogP) is 1.80. The molecule has 0 saturated carbocycles. The fraction of sp³-hybridized carbons (Fsp3) is 0.562. The van der Waals surface area contributed by atoms with Gasteiger partial charge in [-0.3, -0.25) is 4.79 Å². The summed E-state index contributed by atoms with van der Waals surface area (Å²) >= 11 is 0. The SMILES string of the molecule is Cc1ccccc1C(C)(C)CNC(=O)C1COCCN1.Cl. The average Bonchev–Trinajstić information content (AvgIpc) is 2.46. The third-order valence-corrected chi connectivity index (χ3v) is 3.82. The zero-order chi connectivity index (χ0) is 14.6. The molecule has 0 spiro atoms. The molecule has 1 unspecified atom stereocenters. The van der Waals surface area contributed by atoms with Gasteiger partial charge in [-0.05, 0) is 18.1 Å². The van der Waals surface area contributed by atoms with Gasteiger partial charge in [0, 0.05) is 18.5 Å². The Labute approximate surface area is 133 Å². The fourth-order valence-corrected chi connectivity index (χ4v) is 2.59. The molecule has 1 aromatic carbocycles. The summed E-state index contributed by atoms with van der Waals surface area (Å²) < 4.78 is 5.32. The van der Waals surface area contributed by atoms with Crippen LogP contribution in [-0.2, 0) is 14.9 Å². The van der Waals surface area contributed by atoms with E-state index >= 15 is 0 Å². The van der Waals surface area contributed by atoms with Gasteiger partial charge in [-0.15, -0.1) is 12.4 Å². The van der Waals surface area contributed by atoms with Crippen molar-refractivity contribution in [2.24, 2.45) is 0 Å². The summed E-state index contributed by atoms with van der Waals surface area (Å²) in [7, 11) is 0. The van der Waals surface area contributed by atoms with Gasteiger partial charge in [0.05, 0.1) is 13.2 Å². The molecule has 1 fully saturated rings. The first-order valence-corrected chi connectivity index (χ1v) is 7.16. The van der Waals surface area contributed by atoms with Crippen molar-refractivity contribution in [3.63, 3.8) is 0 Å². The highest BCUT2D eigenvalue weighted by molar-refractivity contribution is 5.85. The average molecular weight is 313 g/mol. The van der Waals surface area contributed by atoms with Crippen molar-refractivity contribution in [1.82, 2.24) is 10.6 Å². The van der Waals surface area contributed by atoms with E-state index in [0.29, 0.717) is 19.8 Å². The van der Waals surface area contributed by atoms with E-state index in [9.17, 15) is 4.79 Å². The zero-order valence-corrected chi connectivity index (χ0v) is 13.8. The van der Waals surface area contributed by atoms with Gasteiger partial charge in [-0.2, -0.15) is 0 Å². The van der Waals surface area contributed by atoms with Gasteiger partial charge in [-0.25, -0.2) is 0 Å². The van der Waals surface area contributed by atoms with Crippen LogP contribution in [0.1, 0.15) is 25.0 Å². The number of benzene rings is 1. The highest BCUT2D eigenvalue weighted by Crippen LogP contribution is 2.25. The predicted molar refractivity (Wildman–Crippen MR) is 87.1 cm³/mol. The van der Waals surface area contributed by atoms with Crippen LogP contribution in [0.2, 0.25) is 0 Å². The highest BCUT2D eigenvalue weighted by Gasteiger charge is 2.26. The Kier molecular flexibility index (Phi) is 6.65. The van der Waals surface area contributed by atoms with Gasteiger partial charge >= 0.3 is 0 Å². The molecule has 1 atom stereocenters. The first-order chi connectivity index (χ1) is 9.50. The quantitative estimate of drug-likeness (QED) is 0.891. The smallest absolute Gasteiger partial charge is 0.239 e. The summed E-state index contributed by atoms with van der Waals surface area (Å²) in [4.78, 5) is 12.1. The molecular weight excluding hydrogens is 288 g/mol. The second-order valence-corrected chi connectivity index (χ2v) is 6.00. The lowest BCUT2D eigenvalue weighted by molar-refractivity contribution is -0.126. The number of hydrogen-bond acceptors (Lipinski definition) is 3. The number of carbonyl (C=O) groups excluding carboxylic acids is 1. The monoisotopic (exact) mass is 312 g/mol. The summed E-state index contributed by atoms with van der Waals surface area (Å²) in [5, 5.41) is 6.21. The van der Waals surface area contributed by atoms with Crippen LogP contribution in [0.15, 0.2) is 24.3 Å². The highest BCUT2D eigenvalue weighted by atomic mass is 35.5. The Morgan fingerprint density at radius 1 is 1.43 bits per heavy atom. The lowest BCUT2D eigenvalue weighted by Gasteiger charge is -2.29. The van der Waals surface area contributed by atoms with E-state index < -0.39 is 0 Å². The summed E-state index contributed by atoms with van der Waals surface area (Å²) in [6, 6.07) is 8.09. The lowest BCUT2D eigenvalue weighted by Crippen LogP contribution is -2.52. The summed E-state index contributed by atoms with van der Waals surface area (Å²) in [5.74, 6) is 0.0198. The van der Waals surface area contributed by atoms with Crippen LogP contribution in [-0.4, -0.2) is 38.3 Å². The van der Waals surface area contributed by atoms with Crippen molar-refractivity contribution in [1.29, 1.82) is 0 Å². The minimum atomic E-state index is -0.226. The van der Waals surface area contributed by atoms with Crippen molar-refractivity contribution in [3.8, 4) is 0 Å². The standard InChI is InChI=1S/C16H24N2O2.ClH/c1-12-6-4-5-7-13(12)16(2,3)11-18-15(19)14-10-20-9-8-17-14;/h4-7,14,17H,8-11H2,1-3H3,(H,18,19);1H. The molecule has 1 aliphatic rings. The molecule has 1 aliphatic heterocycles. The van der Waals surface area contributed by atoms with Gasteiger partial charge in [0.1, 0.15) is 6.04 Å². The summed E-state index contributed by atoms with van der Waals surface area (Å²) in [5.41, 5.74) is 2.44. The Morgan fingerprint density at radius 2 is 2.14 bits per heavy atom. The van der Waals surface area contributed by atoms with E-state index in [1.54, 1.807) is 0 Å². The molecule has 0 bridgehead atoms. The van der Waals surface area contributed by atoms with Crippen LogP contribution in [0.25, 0.3) is 0 Å². The van der Waals surface area contributed by atoms with Crippen LogP contribution in [0.4, 0.5) is 0 Å². The molecule has 1 aromatic rings. The number of aryl methyl sites for hydroxylation is 1. The Morgan fingerprint density at radius 3 is 2.76 bits per heavy atom. The number of ether oxygens (including phenoxy) is 1. The third kappa shape index (κ3) is 4.70. The molecule has 1 amide bonds. The second kappa shape index (κ2) is 7.78.